The number of phenols is 3. The van der Waals surface area contributed by atoms with Crippen LogP contribution in [-0.4, -0.2) is 27.4 Å². The van der Waals surface area contributed by atoms with Crippen LogP contribution in [0.4, 0.5) is 22.7 Å². The fraction of sp³-hybridized carbons (Fsp3) is 0.0690. The summed E-state index contributed by atoms with van der Waals surface area (Å²) in [5.41, 5.74) is 4.71. The van der Waals surface area contributed by atoms with Crippen molar-refractivity contribution in [3.8, 4) is 23.0 Å². The lowest BCUT2D eigenvalue weighted by molar-refractivity contribution is -0.384. The van der Waals surface area contributed by atoms with Gasteiger partial charge in [-0.25, -0.2) is 0 Å². The Morgan fingerprint density at radius 2 is 0.744 bits per heavy atom. The first-order chi connectivity index (χ1) is 37.5. The maximum absolute atomic E-state index is 10.8. The van der Waals surface area contributed by atoms with Gasteiger partial charge in [0, 0.05) is 81.2 Å². The molecule has 0 aliphatic heterocycles. The van der Waals surface area contributed by atoms with Crippen LogP contribution < -0.4 is 20.7 Å². The van der Waals surface area contributed by atoms with Crippen molar-refractivity contribution in [2.24, 2.45) is 0 Å². The Kier molecular flexibility index (Phi) is 22.5. The quantitative estimate of drug-likeness (QED) is 0.0293. The first-order valence-corrected chi connectivity index (χ1v) is 28.3. The lowest BCUT2D eigenvalue weighted by Crippen LogP contribution is -2.01. The molecule has 6 N–H and O–H groups in total. The minimum absolute atomic E-state index is 0.00337. The number of halogens is 7. The van der Waals surface area contributed by atoms with Gasteiger partial charge in [0.2, 0.25) is 0 Å². The smallest absolute Gasteiger partial charge is 0.269 e. The van der Waals surface area contributed by atoms with Crippen LogP contribution in [0.3, 0.4) is 0 Å². The topological polar surface area (TPSA) is 149 Å². The molecule has 9 aromatic carbocycles. The SMILES string of the molecule is COc1ccc(Sc2ccccc2CNc2cc(Cl)cc(Cl)c2O)cc1.O=[N+]([O-])c1ccc(Sc2ccccc2CNc2cc(Cl)cc(Cl)c2O)cc1.Oc1c(Cl)cc(Cl)cc1NCc1ccccc1Sc1ccc(Cl)cc1. The van der Waals surface area contributed by atoms with Gasteiger partial charge in [0.1, 0.15) is 5.75 Å². The summed E-state index contributed by atoms with van der Waals surface area (Å²) in [5.74, 6) is 0.768. The van der Waals surface area contributed by atoms with Crippen LogP contribution in [0.2, 0.25) is 35.2 Å². The fourth-order valence-corrected chi connectivity index (χ4v) is 11.5. The van der Waals surface area contributed by atoms with Crippen molar-refractivity contribution in [2.45, 2.75) is 49.0 Å². The highest BCUT2D eigenvalue weighted by atomic mass is 35.5. The van der Waals surface area contributed by atoms with E-state index in [4.69, 9.17) is 85.9 Å². The summed E-state index contributed by atoms with van der Waals surface area (Å²) in [6.07, 6.45) is 0. The Morgan fingerprint density at radius 1 is 0.436 bits per heavy atom. The minimum atomic E-state index is -0.422. The standard InChI is InChI=1S/C20H17Cl2NO2S.C19H14Cl3NOS.C19H14Cl2N2O3S/c1-25-15-6-8-16(9-7-15)26-19-5-3-2-4-13(19)12-23-18-11-14(21)10-17(22)20(18)24;20-13-5-7-15(8-6-13)25-18-4-2-1-3-12(18)11-23-17-10-14(21)9-16(22)19(17)24;20-13-9-16(21)19(24)17(10-13)22-11-12-3-1-2-4-18(12)27-15-7-5-14(6-8-15)23(25)26/h2-11,23-24H,12H2,1H3;1-10,23-24H,11H2;1-10,22,24H,11H2. The van der Waals surface area contributed by atoms with Crippen LogP contribution in [0.5, 0.6) is 23.0 Å². The van der Waals surface area contributed by atoms with Crippen molar-refractivity contribution in [3.05, 3.63) is 244 Å². The van der Waals surface area contributed by atoms with Crippen molar-refractivity contribution in [3.63, 3.8) is 0 Å². The molecule has 0 fully saturated rings. The number of hydrogen-bond acceptors (Lipinski definition) is 12. The van der Waals surface area contributed by atoms with E-state index in [0.29, 0.717) is 56.8 Å². The molecule has 78 heavy (non-hydrogen) atoms. The number of hydrogen-bond donors (Lipinski definition) is 6. The molecule has 9 aromatic rings. The van der Waals surface area contributed by atoms with Crippen LogP contribution in [-0.2, 0) is 19.6 Å². The van der Waals surface area contributed by atoms with E-state index in [9.17, 15) is 25.4 Å². The van der Waals surface area contributed by atoms with Crippen molar-refractivity contribution in [1.29, 1.82) is 0 Å². The molecule has 20 heteroatoms. The number of rotatable bonds is 17. The number of ether oxygens (including phenoxy) is 1. The van der Waals surface area contributed by atoms with Crippen LogP contribution in [0.25, 0.3) is 0 Å². The Bertz CT molecular complexity index is 3500. The van der Waals surface area contributed by atoms with Crippen LogP contribution in [0.15, 0.2) is 211 Å². The number of nitrogens with zero attached hydrogens (tertiary/aromatic N) is 1. The van der Waals surface area contributed by atoms with Gasteiger partial charge in [0.15, 0.2) is 17.2 Å². The maximum atomic E-state index is 10.8. The summed E-state index contributed by atoms with van der Waals surface area (Å²) in [7, 11) is 1.65. The van der Waals surface area contributed by atoms with Gasteiger partial charge < -0.3 is 36.0 Å². The molecule has 0 heterocycles. The van der Waals surface area contributed by atoms with E-state index in [1.54, 1.807) is 61.0 Å². The maximum Gasteiger partial charge on any atom is 0.269 e. The third-order valence-corrected chi connectivity index (χ3v) is 16.2. The zero-order valence-electron chi connectivity index (χ0n) is 40.8. The molecule has 0 aromatic heterocycles. The second kappa shape index (κ2) is 29.3. The predicted octanol–water partition coefficient (Wildman–Crippen LogP) is 20.0. The average Bonchev–Trinajstić information content (AvgIpc) is 3.43. The van der Waals surface area contributed by atoms with Gasteiger partial charge in [0.25, 0.3) is 5.69 Å². The molecule has 0 unspecified atom stereocenters. The Labute approximate surface area is 499 Å². The Hall–Kier alpha value is -5.94. The number of nitro groups is 1. The Morgan fingerprint density at radius 3 is 1.06 bits per heavy atom. The molecule has 0 atom stereocenters. The zero-order valence-corrected chi connectivity index (χ0v) is 48.6. The highest BCUT2D eigenvalue weighted by Gasteiger charge is 2.14. The number of methoxy groups -OCH3 is 1. The predicted molar refractivity (Wildman–Crippen MR) is 326 cm³/mol. The fourth-order valence-electron chi connectivity index (χ4n) is 7.09. The molecule has 0 spiro atoms. The first-order valence-electron chi connectivity index (χ1n) is 23.2. The largest absolute Gasteiger partial charge is 0.504 e. The van der Waals surface area contributed by atoms with E-state index < -0.39 is 4.92 Å². The number of non-ortho nitro benzene ring substituents is 1. The van der Waals surface area contributed by atoms with Gasteiger partial charge in [-0.05, 0) is 132 Å². The summed E-state index contributed by atoms with van der Waals surface area (Å²) >= 11 is 46.7. The molecule has 400 valence electrons. The van der Waals surface area contributed by atoms with Gasteiger partial charge in [0.05, 0.1) is 44.2 Å². The lowest BCUT2D eigenvalue weighted by Gasteiger charge is -2.13. The molecule has 9 rings (SSSR count). The Balaban J connectivity index is 0.000000170. The van der Waals surface area contributed by atoms with Gasteiger partial charge in [-0.15, -0.1) is 0 Å². The van der Waals surface area contributed by atoms with Crippen molar-refractivity contribution in [2.75, 3.05) is 23.1 Å². The summed E-state index contributed by atoms with van der Waals surface area (Å²) in [6, 6.07) is 55.4. The van der Waals surface area contributed by atoms with E-state index in [0.717, 1.165) is 51.8 Å². The van der Waals surface area contributed by atoms with E-state index in [1.807, 2.05) is 109 Å². The molecule has 0 amide bonds. The monoisotopic (exact) mass is 1230 g/mol. The number of aromatic hydroxyl groups is 3. The molecule has 0 aliphatic carbocycles. The van der Waals surface area contributed by atoms with E-state index in [1.165, 1.54) is 42.1 Å². The number of phenolic OH excluding ortho intramolecular Hbond substituents is 3. The van der Waals surface area contributed by atoms with Gasteiger partial charge in [-0.3, -0.25) is 10.1 Å². The summed E-state index contributed by atoms with van der Waals surface area (Å²) in [4.78, 5) is 16.7. The molecule has 0 aliphatic rings. The van der Waals surface area contributed by atoms with Gasteiger partial charge in [-0.1, -0.05) is 171 Å². The van der Waals surface area contributed by atoms with Crippen LogP contribution >= 0.6 is 116 Å². The summed E-state index contributed by atoms with van der Waals surface area (Å²) < 4.78 is 5.20. The van der Waals surface area contributed by atoms with Crippen molar-refractivity contribution >= 4 is 139 Å². The second-order valence-electron chi connectivity index (χ2n) is 16.4. The van der Waals surface area contributed by atoms with E-state index in [-0.39, 0.29) is 38.0 Å². The number of nitrogens with one attached hydrogen (secondary N) is 3. The van der Waals surface area contributed by atoms with Gasteiger partial charge in [-0.2, -0.15) is 0 Å². The third kappa shape index (κ3) is 17.5. The third-order valence-electron chi connectivity index (χ3n) is 11.0. The first kappa shape index (κ1) is 59.7. The highest BCUT2D eigenvalue weighted by molar-refractivity contribution is 8.00. The average molecular weight is 1240 g/mol. The number of anilines is 3. The molecule has 0 saturated heterocycles. The minimum Gasteiger partial charge on any atom is -0.504 e. The van der Waals surface area contributed by atoms with Crippen molar-refractivity contribution < 1.29 is 25.0 Å². The van der Waals surface area contributed by atoms with Crippen LogP contribution in [0.1, 0.15) is 16.7 Å². The van der Waals surface area contributed by atoms with E-state index >= 15 is 0 Å². The summed E-state index contributed by atoms with van der Waals surface area (Å²) in [6.45, 7) is 1.50. The lowest BCUT2D eigenvalue weighted by atomic mass is 10.2. The zero-order chi connectivity index (χ0) is 55.7. The van der Waals surface area contributed by atoms with Crippen molar-refractivity contribution in [1.82, 2.24) is 0 Å². The number of nitro benzene ring substituents is 1. The molecular formula is C58H45Cl7N4O6S3. The van der Waals surface area contributed by atoms with Crippen LogP contribution in [0, 0.1) is 10.1 Å². The highest BCUT2D eigenvalue weighted by Crippen LogP contribution is 2.40. The van der Waals surface area contributed by atoms with E-state index in [2.05, 4.69) is 28.1 Å². The molecule has 0 bridgehead atoms. The molecule has 0 saturated carbocycles. The van der Waals surface area contributed by atoms with Gasteiger partial charge >= 0.3 is 0 Å². The molecule has 0 radical (unpaired) electrons. The second-order valence-corrected chi connectivity index (χ2v) is 22.7. The normalized spacial score (nSPS) is 10.6. The number of benzene rings is 9. The molecular weight excluding hydrogens is 1190 g/mol. The summed E-state index contributed by atoms with van der Waals surface area (Å²) in [5, 5.41) is 53.2. The molecule has 10 nitrogen and oxygen atoms in total.